The predicted octanol–water partition coefficient (Wildman–Crippen LogP) is 2.17. The smallest absolute Gasteiger partial charge is 0.271 e. The number of carbonyl (C=O) groups excluding carboxylic acids is 1. The number of aromatic nitrogens is 2. The van der Waals surface area contributed by atoms with Crippen molar-refractivity contribution in [2.24, 2.45) is 5.92 Å². The van der Waals surface area contributed by atoms with Gasteiger partial charge in [-0.1, -0.05) is 6.92 Å². The third-order valence-corrected chi connectivity index (χ3v) is 4.39. The number of anilines is 1. The molecule has 2 heterocycles. The van der Waals surface area contributed by atoms with Crippen LogP contribution in [-0.4, -0.2) is 40.7 Å². The van der Waals surface area contributed by atoms with E-state index in [1.54, 1.807) is 12.1 Å². The molecule has 0 bridgehead atoms. The van der Waals surface area contributed by atoms with Crippen molar-refractivity contribution >= 4 is 23.5 Å². The highest BCUT2D eigenvalue weighted by Gasteiger charge is 2.15. The first-order chi connectivity index (χ1) is 9.79. The molecule has 2 rings (SSSR count). The van der Waals surface area contributed by atoms with Crippen molar-refractivity contribution < 1.29 is 4.79 Å². The molecule has 0 spiro atoms. The second-order valence-electron chi connectivity index (χ2n) is 5.00. The second kappa shape index (κ2) is 8.09. The highest BCUT2D eigenvalue weighted by molar-refractivity contribution is 7.99. The molecule has 1 amide bonds. The molecular formula is C14H22N4OS. The number of nitrogens with zero attached hydrogens (tertiary/aromatic N) is 2. The third kappa shape index (κ3) is 4.67. The summed E-state index contributed by atoms with van der Waals surface area (Å²) in [4.78, 5) is 12.0. The van der Waals surface area contributed by atoms with E-state index in [4.69, 9.17) is 0 Å². The lowest BCUT2D eigenvalue weighted by Gasteiger charge is -2.21. The zero-order chi connectivity index (χ0) is 14.2. The fourth-order valence-corrected chi connectivity index (χ4v) is 3.28. The number of thioether (sulfide) groups is 1. The number of carbonyl (C=O) groups is 1. The number of amides is 1. The van der Waals surface area contributed by atoms with E-state index in [0.29, 0.717) is 17.4 Å². The van der Waals surface area contributed by atoms with Gasteiger partial charge < -0.3 is 10.6 Å². The molecule has 0 unspecified atom stereocenters. The van der Waals surface area contributed by atoms with Gasteiger partial charge in [0.05, 0.1) is 0 Å². The van der Waals surface area contributed by atoms with Crippen LogP contribution in [-0.2, 0) is 0 Å². The van der Waals surface area contributed by atoms with Gasteiger partial charge in [0.25, 0.3) is 5.91 Å². The first kappa shape index (κ1) is 15.1. The first-order valence-electron chi connectivity index (χ1n) is 7.23. The Labute approximate surface area is 124 Å². The van der Waals surface area contributed by atoms with E-state index in [2.05, 4.69) is 27.8 Å². The van der Waals surface area contributed by atoms with Crippen molar-refractivity contribution in [3.63, 3.8) is 0 Å². The van der Waals surface area contributed by atoms with E-state index in [-0.39, 0.29) is 5.91 Å². The molecule has 0 saturated carbocycles. The van der Waals surface area contributed by atoms with E-state index >= 15 is 0 Å². The Morgan fingerprint density at radius 3 is 2.80 bits per heavy atom. The van der Waals surface area contributed by atoms with Crippen LogP contribution in [0.4, 0.5) is 5.82 Å². The summed E-state index contributed by atoms with van der Waals surface area (Å²) >= 11 is 2.00. The summed E-state index contributed by atoms with van der Waals surface area (Å²) in [5.41, 5.74) is 0.386. The molecule has 1 aromatic heterocycles. The summed E-state index contributed by atoms with van der Waals surface area (Å²) in [6.45, 7) is 3.70. The Morgan fingerprint density at radius 2 is 2.15 bits per heavy atom. The molecule has 0 atom stereocenters. The van der Waals surface area contributed by atoms with Gasteiger partial charge in [0.1, 0.15) is 5.82 Å². The largest absolute Gasteiger partial charge is 0.369 e. The Kier molecular flexibility index (Phi) is 6.11. The van der Waals surface area contributed by atoms with E-state index in [0.717, 1.165) is 19.5 Å². The second-order valence-corrected chi connectivity index (χ2v) is 6.22. The van der Waals surface area contributed by atoms with Gasteiger partial charge in [0.2, 0.25) is 0 Å². The van der Waals surface area contributed by atoms with E-state index in [1.807, 2.05) is 11.8 Å². The standard InChI is InChI=1S/C14H22N4OS/c1-2-7-15-13-4-3-12(17-18-13)14(19)16-10-11-5-8-20-9-6-11/h3-4,11H,2,5-10H2,1H3,(H,15,18)(H,16,19). The van der Waals surface area contributed by atoms with Crippen molar-refractivity contribution in [3.05, 3.63) is 17.8 Å². The average Bonchev–Trinajstić information content (AvgIpc) is 2.52. The first-order valence-corrected chi connectivity index (χ1v) is 8.38. The van der Waals surface area contributed by atoms with Gasteiger partial charge in [0.15, 0.2) is 5.69 Å². The number of hydrogen-bond donors (Lipinski definition) is 2. The minimum Gasteiger partial charge on any atom is -0.369 e. The number of rotatable bonds is 6. The summed E-state index contributed by atoms with van der Waals surface area (Å²) in [5, 5.41) is 14.1. The van der Waals surface area contributed by atoms with Gasteiger partial charge in [-0.25, -0.2) is 0 Å². The van der Waals surface area contributed by atoms with Gasteiger partial charge in [0, 0.05) is 13.1 Å². The van der Waals surface area contributed by atoms with Crippen molar-refractivity contribution in [2.45, 2.75) is 26.2 Å². The minimum atomic E-state index is -0.127. The van der Waals surface area contributed by atoms with Crippen LogP contribution >= 0.6 is 11.8 Å². The lowest BCUT2D eigenvalue weighted by Crippen LogP contribution is -2.31. The molecule has 1 aliphatic heterocycles. The Balaban J connectivity index is 1.79. The monoisotopic (exact) mass is 294 g/mol. The Hall–Kier alpha value is -1.30. The van der Waals surface area contributed by atoms with E-state index in [9.17, 15) is 4.79 Å². The molecule has 1 fully saturated rings. The van der Waals surface area contributed by atoms with Gasteiger partial charge in [-0.15, -0.1) is 10.2 Å². The lowest BCUT2D eigenvalue weighted by molar-refractivity contribution is 0.0940. The predicted molar refractivity (Wildman–Crippen MR) is 83.2 cm³/mol. The van der Waals surface area contributed by atoms with Gasteiger partial charge in [-0.05, 0) is 48.8 Å². The van der Waals surface area contributed by atoms with Crippen LogP contribution in [0.25, 0.3) is 0 Å². The third-order valence-electron chi connectivity index (χ3n) is 3.35. The van der Waals surface area contributed by atoms with Gasteiger partial charge in [-0.2, -0.15) is 11.8 Å². The van der Waals surface area contributed by atoms with E-state index < -0.39 is 0 Å². The maximum absolute atomic E-state index is 12.0. The summed E-state index contributed by atoms with van der Waals surface area (Å²) in [6.07, 6.45) is 3.41. The summed E-state index contributed by atoms with van der Waals surface area (Å²) < 4.78 is 0. The fourth-order valence-electron chi connectivity index (χ4n) is 2.08. The molecule has 1 saturated heterocycles. The lowest BCUT2D eigenvalue weighted by atomic mass is 10.0. The van der Waals surface area contributed by atoms with Crippen molar-refractivity contribution in [1.29, 1.82) is 0 Å². The minimum absolute atomic E-state index is 0.127. The van der Waals surface area contributed by atoms with E-state index in [1.165, 1.54) is 24.3 Å². The number of hydrogen-bond acceptors (Lipinski definition) is 5. The normalized spacial score (nSPS) is 15.8. The number of nitrogens with one attached hydrogen (secondary N) is 2. The zero-order valence-electron chi connectivity index (χ0n) is 11.9. The molecule has 1 aromatic rings. The van der Waals surface area contributed by atoms with Crippen LogP contribution in [0, 0.1) is 5.92 Å². The molecule has 0 aromatic carbocycles. The van der Waals surface area contributed by atoms with Crippen molar-refractivity contribution in [2.75, 3.05) is 29.9 Å². The highest BCUT2D eigenvalue weighted by atomic mass is 32.2. The van der Waals surface area contributed by atoms with Crippen molar-refractivity contribution in [1.82, 2.24) is 15.5 Å². The SMILES string of the molecule is CCCNc1ccc(C(=O)NCC2CCSCC2)nn1. The van der Waals surface area contributed by atoms with Crippen LogP contribution in [0.15, 0.2) is 12.1 Å². The maximum atomic E-state index is 12.0. The molecule has 2 N–H and O–H groups in total. The zero-order valence-corrected chi connectivity index (χ0v) is 12.7. The molecule has 1 aliphatic rings. The van der Waals surface area contributed by atoms with Crippen LogP contribution in [0.5, 0.6) is 0 Å². The van der Waals surface area contributed by atoms with Crippen LogP contribution in [0.3, 0.4) is 0 Å². The summed E-state index contributed by atoms with van der Waals surface area (Å²) in [6, 6.07) is 3.52. The molecule has 20 heavy (non-hydrogen) atoms. The highest BCUT2D eigenvalue weighted by Crippen LogP contribution is 2.21. The fraction of sp³-hybridized carbons (Fsp3) is 0.643. The van der Waals surface area contributed by atoms with Gasteiger partial charge >= 0.3 is 0 Å². The summed E-state index contributed by atoms with van der Waals surface area (Å²) in [5.74, 6) is 3.61. The average molecular weight is 294 g/mol. The molecular weight excluding hydrogens is 272 g/mol. The summed E-state index contributed by atoms with van der Waals surface area (Å²) in [7, 11) is 0. The van der Waals surface area contributed by atoms with Crippen molar-refractivity contribution in [3.8, 4) is 0 Å². The Morgan fingerprint density at radius 1 is 1.35 bits per heavy atom. The molecule has 5 nitrogen and oxygen atoms in total. The molecule has 0 radical (unpaired) electrons. The van der Waals surface area contributed by atoms with Crippen LogP contribution < -0.4 is 10.6 Å². The van der Waals surface area contributed by atoms with Crippen LogP contribution in [0.1, 0.15) is 36.7 Å². The maximum Gasteiger partial charge on any atom is 0.271 e. The van der Waals surface area contributed by atoms with Crippen LogP contribution in [0.2, 0.25) is 0 Å². The topological polar surface area (TPSA) is 66.9 Å². The molecule has 110 valence electrons. The quantitative estimate of drug-likeness (QED) is 0.841. The molecule has 0 aliphatic carbocycles. The van der Waals surface area contributed by atoms with Gasteiger partial charge in [-0.3, -0.25) is 4.79 Å². The molecule has 6 heteroatoms. The Bertz CT molecular complexity index is 418.